The highest BCUT2D eigenvalue weighted by Crippen LogP contribution is 2.20. The first-order valence-electron chi connectivity index (χ1n) is 11.1. The number of benzene rings is 2. The number of hydrogen-bond donors (Lipinski definition) is 1. The van der Waals surface area contributed by atoms with E-state index in [1.165, 1.54) is 11.9 Å². The van der Waals surface area contributed by atoms with Crippen LogP contribution in [0.25, 0.3) is 10.8 Å². The van der Waals surface area contributed by atoms with Crippen molar-refractivity contribution < 1.29 is 14.3 Å². The van der Waals surface area contributed by atoms with Gasteiger partial charge < -0.3 is 15.0 Å². The molecule has 1 aromatic heterocycles. The normalized spacial score (nSPS) is 15.5. The van der Waals surface area contributed by atoms with Crippen molar-refractivity contribution in [3.8, 4) is 0 Å². The van der Waals surface area contributed by atoms with Crippen LogP contribution in [-0.2, 0) is 16.6 Å². The van der Waals surface area contributed by atoms with Gasteiger partial charge in [-0.25, -0.2) is 4.68 Å². The number of aryl methyl sites for hydroxylation is 2. The molecule has 1 fully saturated rings. The van der Waals surface area contributed by atoms with Crippen LogP contribution in [0.3, 0.4) is 0 Å². The van der Waals surface area contributed by atoms with E-state index in [0.717, 1.165) is 34.3 Å². The summed E-state index contributed by atoms with van der Waals surface area (Å²) >= 11 is 0. The van der Waals surface area contributed by atoms with E-state index in [1.54, 1.807) is 24.3 Å². The van der Waals surface area contributed by atoms with Crippen molar-refractivity contribution in [2.75, 3.05) is 25.0 Å². The largest absolute Gasteiger partial charge is 0.376 e. The van der Waals surface area contributed by atoms with Gasteiger partial charge in [0, 0.05) is 31.3 Å². The van der Waals surface area contributed by atoms with Crippen LogP contribution in [0.15, 0.2) is 47.3 Å². The highest BCUT2D eigenvalue weighted by atomic mass is 16.5. The summed E-state index contributed by atoms with van der Waals surface area (Å²) in [5, 5.41) is 8.06. The number of fused-ring (bicyclic) bond motifs is 1. The second kappa shape index (κ2) is 9.54. The van der Waals surface area contributed by atoms with Crippen LogP contribution in [0.2, 0.25) is 0 Å². The topological polar surface area (TPSA) is 93.5 Å². The number of carbonyl (C=O) groups is 2. The summed E-state index contributed by atoms with van der Waals surface area (Å²) in [6, 6.07) is 12.6. The van der Waals surface area contributed by atoms with Crippen LogP contribution in [0.5, 0.6) is 0 Å². The molecule has 1 aliphatic heterocycles. The number of amides is 2. The number of rotatable bonds is 6. The molecule has 172 valence electrons. The molecule has 1 saturated heterocycles. The van der Waals surface area contributed by atoms with E-state index in [-0.39, 0.29) is 36.4 Å². The Balaban J connectivity index is 1.64. The maximum absolute atomic E-state index is 13.6. The fourth-order valence-electron chi connectivity index (χ4n) is 4.11. The molecule has 0 unspecified atom stereocenters. The molecule has 0 radical (unpaired) electrons. The third-order valence-electron chi connectivity index (χ3n) is 6.11. The number of ether oxygens (including phenoxy) is 1. The Morgan fingerprint density at radius 3 is 2.64 bits per heavy atom. The summed E-state index contributed by atoms with van der Waals surface area (Å²) in [4.78, 5) is 40.5. The van der Waals surface area contributed by atoms with Crippen molar-refractivity contribution in [2.24, 2.45) is 7.05 Å². The molecule has 4 rings (SSSR count). The molecule has 8 nitrogen and oxygen atoms in total. The zero-order chi connectivity index (χ0) is 23.5. The van der Waals surface area contributed by atoms with Crippen LogP contribution in [0.4, 0.5) is 5.69 Å². The summed E-state index contributed by atoms with van der Waals surface area (Å²) < 4.78 is 6.90. The fourth-order valence-corrected chi connectivity index (χ4v) is 4.11. The Kier molecular flexibility index (Phi) is 6.55. The predicted octanol–water partition coefficient (Wildman–Crippen LogP) is 2.81. The van der Waals surface area contributed by atoms with Gasteiger partial charge in [0.2, 0.25) is 5.91 Å². The Morgan fingerprint density at radius 1 is 1.15 bits per heavy atom. The van der Waals surface area contributed by atoms with Crippen LogP contribution in [0, 0.1) is 13.8 Å². The molecule has 2 amide bonds. The van der Waals surface area contributed by atoms with Gasteiger partial charge in [-0.1, -0.05) is 30.3 Å². The van der Waals surface area contributed by atoms with E-state index in [1.807, 2.05) is 32.0 Å². The molecular formula is C25H28N4O4. The van der Waals surface area contributed by atoms with E-state index < -0.39 is 5.91 Å². The monoisotopic (exact) mass is 448 g/mol. The lowest BCUT2D eigenvalue weighted by atomic mass is 10.1. The first-order valence-corrected chi connectivity index (χ1v) is 11.1. The summed E-state index contributed by atoms with van der Waals surface area (Å²) in [6.07, 6.45) is 1.60. The van der Waals surface area contributed by atoms with Crippen molar-refractivity contribution in [1.82, 2.24) is 14.7 Å². The van der Waals surface area contributed by atoms with Crippen LogP contribution < -0.4 is 10.9 Å². The molecule has 1 N–H and O–H groups in total. The van der Waals surface area contributed by atoms with E-state index in [0.29, 0.717) is 17.4 Å². The Bertz CT molecular complexity index is 1260. The molecule has 3 aromatic rings. The van der Waals surface area contributed by atoms with Gasteiger partial charge in [-0.3, -0.25) is 14.4 Å². The SMILES string of the molecule is Cc1cccc(NC(=O)CN(C[C@H]2CCCO2)C(=O)c2nn(C)c(=O)c3ccccc23)c1C. The Labute approximate surface area is 192 Å². The van der Waals surface area contributed by atoms with E-state index in [2.05, 4.69) is 10.4 Å². The maximum Gasteiger partial charge on any atom is 0.275 e. The number of anilines is 1. The molecule has 0 bridgehead atoms. The van der Waals surface area contributed by atoms with Gasteiger partial charge in [0.05, 0.1) is 11.5 Å². The quantitative estimate of drug-likeness (QED) is 0.626. The van der Waals surface area contributed by atoms with Crippen molar-refractivity contribution in [2.45, 2.75) is 32.8 Å². The first-order chi connectivity index (χ1) is 15.8. The molecule has 33 heavy (non-hydrogen) atoms. The molecule has 0 aliphatic carbocycles. The minimum Gasteiger partial charge on any atom is -0.376 e. The lowest BCUT2D eigenvalue weighted by Gasteiger charge is -2.25. The number of aromatic nitrogens is 2. The highest BCUT2D eigenvalue weighted by Gasteiger charge is 2.28. The number of nitrogens with zero attached hydrogens (tertiary/aromatic N) is 3. The minimum absolute atomic E-state index is 0.138. The van der Waals surface area contributed by atoms with Crippen molar-refractivity contribution in [3.63, 3.8) is 0 Å². The van der Waals surface area contributed by atoms with Gasteiger partial charge in [0.15, 0.2) is 5.69 Å². The fraction of sp³-hybridized carbons (Fsp3) is 0.360. The van der Waals surface area contributed by atoms with Crippen LogP contribution in [-0.4, -0.2) is 52.3 Å². The van der Waals surface area contributed by atoms with Crippen LogP contribution >= 0.6 is 0 Å². The van der Waals surface area contributed by atoms with Crippen molar-refractivity contribution >= 4 is 28.3 Å². The third-order valence-corrected chi connectivity index (χ3v) is 6.11. The van der Waals surface area contributed by atoms with Gasteiger partial charge in [0.25, 0.3) is 11.5 Å². The average molecular weight is 449 g/mol. The standard InChI is InChI=1S/C25H28N4O4/c1-16-8-6-12-21(17(16)2)26-22(30)15-29(14-18-9-7-13-33-18)25(32)23-19-10-4-5-11-20(19)24(31)28(3)27-23/h4-6,8,10-12,18H,7,9,13-15H2,1-3H3,(H,26,30)/t18-/m1/s1. The number of nitrogens with one attached hydrogen (secondary N) is 1. The Morgan fingerprint density at radius 2 is 1.91 bits per heavy atom. The van der Waals surface area contributed by atoms with E-state index in [9.17, 15) is 14.4 Å². The van der Waals surface area contributed by atoms with Gasteiger partial charge in [-0.15, -0.1) is 0 Å². The summed E-state index contributed by atoms with van der Waals surface area (Å²) in [6.45, 7) is 4.70. The Hall–Kier alpha value is -3.52. The smallest absolute Gasteiger partial charge is 0.275 e. The average Bonchev–Trinajstić information content (AvgIpc) is 3.31. The molecule has 1 atom stereocenters. The molecule has 2 heterocycles. The molecular weight excluding hydrogens is 420 g/mol. The third kappa shape index (κ3) is 4.80. The second-order valence-corrected chi connectivity index (χ2v) is 8.44. The highest BCUT2D eigenvalue weighted by molar-refractivity contribution is 6.06. The number of carbonyl (C=O) groups excluding carboxylic acids is 2. The molecule has 8 heteroatoms. The van der Waals surface area contributed by atoms with Gasteiger partial charge in [0.1, 0.15) is 6.54 Å². The zero-order valence-electron chi connectivity index (χ0n) is 19.1. The lowest BCUT2D eigenvalue weighted by molar-refractivity contribution is -0.117. The van der Waals surface area contributed by atoms with Crippen molar-refractivity contribution in [1.29, 1.82) is 0 Å². The van der Waals surface area contributed by atoms with E-state index in [4.69, 9.17) is 4.74 Å². The first kappa shape index (κ1) is 22.7. The van der Waals surface area contributed by atoms with Crippen molar-refractivity contribution in [3.05, 3.63) is 69.6 Å². The molecule has 0 saturated carbocycles. The summed E-state index contributed by atoms with van der Waals surface area (Å²) in [7, 11) is 1.52. The second-order valence-electron chi connectivity index (χ2n) is 8.44. The lowest BCUT2D eigenvalue weighted by Crippen LogP contribution is -2.43. The predicted molar refractivity (Wildman–Crippen MR) is 126 cm³/mol. The van der Waals surface area contributed by atoms with E-state index >= 15 is 0 Å². The maximum atomic E-state index is 13.6. The molecule has 2 aromatic carbocycles. The molecule has 1 aliphatic rings. The number of hydrogen-bond acceptors (Lipinski definition) is 5. The van der Waals surface area contributed by atoms with Crippen LogP contribution in [0.1, 0.15) is 34.5 Å². The summed E-state index contributed by atoms with van der Waals surface area (Å²) in [5.41, 5.74) is 2.63. The minimum atomic E-state index is -0.409. The van der Waals surface area contributed by atoms with Gasteiger partial charge >= 0.3 is 0 Å². The zero-order valence-corrected chi connectivity index (χ0v) is 19.1. The summed E-state index contributed by atoms with van der Waals surface area (Å²) in [5.74, 6) is -0.711. The van der Waals surface area contributed by atoms with Gasteiger partial charge in [-0.2, -0.15) is 5.10 Å². The molecule has 0 spiro atoms. The van der Waals surface area contributed by atoms with Gasteiger partial charge in [-0.05, 0) is 49.9 Å².